The molecule has 0 saturated carbocycles. The van der Waals surface area contributed by atoms with Gasteiger partial charge in [0.05, 0.1) is 5.41 Å². The lowest BCUT2D eigenvalue weighted by Crippen LogP contribution is -2.47. The van der Waals surface area contributed by atoms with Crippen LogP contribution in [-0.2, 0) is 15.6 Å². The van der Waals surface area contributed by atoms with Gasteiger partial charge in [-0.2, -0.15) is 0 Å². The molecule has 0 atom stereocenters. The summed E-state index contributed by atoms with van der Waals surface area (Å²) in [6.07, 6.45) is 1.40. The predicted octanol–water partition coefficient (Wildman–Crippen LogP) is 3.42. The Hall–Kier alpha value is -1.35. The van der Waals surface area contributed by atoms with Crippen molar-refractivity contribution < 1.29 is 9.90 Å². The Morgan fingerprint density at radius 1 is 1.19 bits per heavy atom. The van der Waals surface area contributed by atoms with Crippen LogP contribution in [0.1, 0.15) is 51.7 Å². The molecule has 1 N–H and O–H groups in total. The quantitative estimate of drug-likeness (QED) is 0.927. The van der Waals surface area contributed by atoms with Crippen LogP contribution in [0.2, 0.25) is 0 Å². The summed E-state index contributed by atoms with van der Waals surface area (Å²) in [5.74, 6) is -0.679. The molecule has 2 rings (SSSR count). The van der Waals surface area contributed by atoms with E-state index in [-0.39, 0.29) is 5.41 Å². The number of hydrogen-bond acceptors (Lipinski definition) is 2. The zero-order chi connectivity index (χ0) is 15.7. The summed E-state index contributed by atoms with van der Waals surface area (Å²) in [5, 5.41) is 9.81. The van der Waals surface area contributed by atoms with E-state index in [0.29, 0.717) is 12.8 Å². The number of aliphatic carboxylic acids is 1. The van der Waals surface area contributed by atoms with E-state index < -0.39 is 11.4 Å². The summed E-state index contributed by atoms with van der Waals surface area (Å²) in [6, 6.07) is 8.23. The summed E-state index contributed by atoms with van der Waals surface area (Å²) < 4.78 is 0. The number of nitrogens with zero attached hydrogens (tertiary/aromatic N) is 1. The number of hydrogen-bond donors (Lipinski definition) is 1. The summed E-state index contributed by atoms with van der Waals surface area (Å²) >= 11 is 0. The minimum Gasteiger partial charge on any atom is -0.481 e. The molecule has 21 heavy (non-hydrogen) atoms. The maximum atomic E-state index is 11.9. The first kappa shape index (κ1) is 16.0. The van der Waals surface area contributed by atoms with Crippen molar-refractivity contribution in [1.82, 2.24) is 4.90 Å². The van der Waals surface area contributed by atoms with Crippen molar-refractivity contribution in [1.29, 1.82) is 0 Å². The first-order valence-corrected chi connectivity index (χ1v) is 7.86. The van der Waals surface area contributed by atoms with Gasteiger partial charge < -0.3 is 10.0 Å². The van der Waals surface area contributed by atoms with Crippen LogP contribution >= 0.6 is 0 Å². The third-order valence-corrected chi connectivity index (χ3v) is 4.87. The molecule has 0 bridgehead atoms. The number of carbonyl (C=O) groups is 1. The van der Waals surface area contributed by atoms with Crippen LogP contribution < -0.4 is 0 Å². The molecule has 1 aliphatic rings. The molecular formula is C18H27NO2. The second-order valence-corrected chi connectivity index (χ2v) is 7.15. The summed E-state index contributed by atoms with van der Waals surface area (Å²) in [7, 11) is 0. The van der Waals surface area contributed by atoms with Gasteiger partial charge in [0.15, 0.2) is 0 Å². The van der Waals surface area contributed by atoms with Crippen LogP contribution in [0.3, 0.4) is 0 Å². The summed E-state index contributed by atoms with van der Waals surface area (Å²) in [4.78, 5) is 14.3. The fraction of sp³-hybridized carbons (Fsp3) is 0.611. The van der Waals surface area contributed by atoms with E-state index >= 15 is 0 Å². The SMILES string of the molecule is CCN1CCC(C(=O)O)(c2ccc(C(C)(C)C)cc2)CC1. The molecule has 1 fully saturated rings. The number of carboxylic acid groups (broad SMARTS) is 1. The van der Waals surface area contributed by atoms with Gasteiger partial charge in [0.2, 0.25) is 0 Å². The van der Waals surface area contributed by atoms with Gasteiger partial charge in [-0.25, -0.2) is 0 Å². The first-order valence-electron chi connectivity index (χ1n) is 7.86. The predicted molar refractivity (Wildman–Crippen MR) is 85.8 cm³/mol. The fourth-order valence-electron chi connectivity index (χ4n) is 3.17. The monoisotopic (exact) mass is 289 g/mol. The van der Waals surface area contributed by atoms with E-state index in [1.165, 1.54) is 5.56 Å². The number of rotatable bonds is 3. The van der Waals surface area contributed by atoms with Crippen LogP contribution in [0.15, 0.2) is 24.3 Å². The zero-order valence-corrected chi connectivity index (χ0v) is 13.6. The highest BCUT2D eigenvalue weighted by Gasteiger charge is 2.42. The standard InChI is InChI=1S/C18H27NO2/c1-5-19-12-10-18(11-13-19,16(20)21)15-8-6-14(7-9-15)17(2,3)4/h6-9H,5,10-13H2,1-4H3,(H,20,21). The third kappa shape index (κ3) is 3.13. The topological polar surface area (TPSA) is 40.5 Å². The minimum atomic E-state index is -0.706. The Labute approximate surface area is 128 Å². The Morgan fingerprint density at radius 3 is 2.10 bits per heavy atom. The van der Waals surface area contributed by atoms with Crippen molar-refractivity contribution in [3.63, 3.8) is 0 Å². The Bertz CT molecular complexity index is 491. The van der Waals surface area contributed by atoms with Gasteiger partial charge in [0.1, 0.15) is 0 Å². The number of benzene rings is 1. The molecule has 0 unspecified atom stereocenters. The Morgan fingerprint density at radius 2 is 1.71 bits per heavy atom. The van der Waals surface area contributed by atoms with Crippen molar-refractivity contribution in [2.45, 2.75) is 51.4 Å². The highest BCUT2D eigenvalue weighted by molar-refractivity contribution is 5.81. The van der Waals surface area contributed by atoms with Crippen molar-refractivity contribution in [2.75, 3.05) is 19.6 Å². The highest BCUT2D eigenvalue weighted by Crippen LogP contribution is 2.37. The van der Waals surface area contributed by atoms with Crippen LogP contribution in [0.4, 0.5) is 0 Å². The van der Waals surface area contributed by atoms with Crippen LogP contribution in [0.25, 0.3) is 0 Å². The number of carboxylic acids is 1. The zero-order valence-electron chi connectivity index (χ0n) is 13.6. The van der Waals surface area contributed by atoms with E-state index in [9.17, 15) is 9.90 Å². The van der Waals surface area contributed by atoms with Crippen LogP contribution in [0.5, 0.6) is 0 Å². The van der Waals surface area contributed by atoms with Gasteiger partial charge in [0.25, 0.3) is 0 Å². The van der Waals surface area contributed by atoms with Gasteiger partial charge in [-0.3, -0.25) is 4.79 Å². The largest absolute Gasteiger partial charge is 0.481 e. The van der Waals surface area contributed by atoms with Gasteiger partial charge >= 0.3 is 5.97 Å². The van der Waals surface area contributed by atoms with Crippen LogP contribution in [0, 0.1) is 0 Å². The molecule has 1 aromatic rings. The molecule has 1 saturated heterocycles. The van der Waals surface area contributed by atoms with Crippen molar-refractivity contribution >= 4 is 5.97 Å². The average molecular weight is 289 g/mol. The Balaban J connectivity index is 2.30. The molecule has 0 radical (unpaired) electrons. The van der Waals surface area contributed by atoms with Gasteiger partial charge in [0, 0.05) is 0 Å². The summed E-state index contributed by atoms with van der Waals surface area (Å²) in [6.45, 7) is 11.4. The highest BCUT2D eigenvalue weighted by atomic mass is 16.4. The van der Waals surface area contributed by atoms with Gasteiger partial charge in [-0.05, 0) is 49.0 Å². The molecular weight excluding hydrogens is 262 g/mol. The molecule has 116 valence electrons. The molecule has 3 heteroatoms. The average Bonchev–Trinajstić information content (AvgIpc) is 2.46. The molecule has 0 spiro atoms. The lowest BCUT2D eigenvalue weighted by molar-refractivity contribution is -0.146. The van der Waals surface area contributed by atoms with Crippen molar-refractivity contribution in [3.05, 3.63) is 35.4 Å². The number of likely N-dealkylation sites (tertiary alicyclic amines) is 1. The second kappa shape index (κ2) is 5.80. The Kier molecular flexibility index (Phi) is 4.43. The molecule has 0 aliphatic carbocycles. The van der Waals surface area contributed by atoms with Gasteiger partial charge in [-0.15, -0.1) is 0 Å². The third-order valence-electron chi connectivity index (χ3n) is 4.87. The van der Waals surface area contributed by atoms with E-state index in [1.807, 2.05) is 12.1 Å². The van der Waals surface area contributed by atoms with E-state index in [0.717, 1.165) is 25.2 Å². The lowest BCUT2D eigenvalue weighted by atomic mass is 9.72. The molecule has 1 aliphatic heterocycles. The smallest absolute Gasteiger partial charge is 0.314 e. The molecule has 3 nitrogen and oxygen atoms in total. The maximum absolute atomic E-state index is 11.9. The molecule has 0 aromatic heterocycles. The lowest BCUT2D eigenvalue weighted by Gasteiger charge is -2.39. The first-order chi connectivity index (χ1) is 9.79. The second-order valence-electron chi connectivity index (χ2n) is 7.15. The maximum Gasteiger partial charge on any atom is 0.314 e. The fourth-order valence-corrected chi connectivity index (χ4v) is 3.17. The van der Waals surface area contributed by atoms with Crippen molar-refractivity contribution in [3.8, 4) is 0 Å². The molecule has 0 amide bonds. The van der Waals surface area contributed by atoms with Gasteiger partial charge in [-0.1, -0.05) is 52.0 Å². The van der Waals surface area contributed by atoms with E-state index in [4.69, 9.17) is 0 Å². The van der Waals surface area contributed by atoms with Crippen LogP contribution in [-0.4, -0.2) is 35.6 Å². The van der Waals surface area contributed by atoms with Crippen molar-refractivity contribution in [2.24, 2.45) is 0 Å². The molecule has 1 aromatic carbocycles. The summed E-state index contributed by atoms with van der Waals surface area (Å²) in [5.41, 5.74) is 1.60. The normalized spacial score (nSPS) is 19.4. The number of piperidine rings is 1. The molecule has 1 heterocycles. The minimum absolute atomic E-state index is 0.0977. The van der Waals surface area contributed by atoms with E-state index in [1.54, 1.807) is 0 Å². The van der Waals surface area contributed by atoms with E-state index in [2.05, 4.69) is 44.7 Å².